The van der Waals surface area contributed by atoms with Crippen LogP contribution >= 0.6 is 0 Å². The van der Waals surface area contributed by atoms with Crippen LogP contribution in [-0.2, 0) is 9.53 Å². The normalized spacial score (nSPS) is 15.0. The Labute approximate surface area is 120 Å². The van der Waals surface area contributed by atoms with E-state index in [1.165, 1.54) is 5.69 Å². The third-order valence-electron chi connectivity index (χ3n) is 3.42. The van der Waals surface area contributed by atoms with E-state index in [9.17, 15) is 4.79 Å². The number of carbonyl (C=O) groups is 1. The topological polar surface area (TPSA) is 44.8 Å². The Morgan fingerprint density at radius 1 is 1.25 bits per heavy atom. The Balaban J connectivity index is 1.73. The molecule has 0 saturated carbocycles. The number of nitrogens with zero attached hydrogens (tertiary/aromatic N) is 2. The maximum Gasteiger partial charge on any atom is 0.224 e. The van der Waals surface area contributed by atoms with Gasteiger partial charge < -0.3 is 19.9 Å². The molecule has 110 valence electrons. The van der Waals surface area contributed by atoms with Gasteiger partial charge in [-0.05, 0) is 24.3 Å². The highest BCUT2D eigenvalue weighted by molar-refractivity contribution is 5.76. The number of ether oxygens (including phenoxy) is 1. The van der Waals surface area contributed by atoms with Crippen LogP contribution in [-0.4, -0.2) is 57.8 Å². The monoisotopic (exact) mass is 277 g/mol. The van der Waals surface area contributed by atoms with Crippen LogP contribution < -0.4 is 10.2 Å². The summed E-state index contributed by atoms with van der Waals surface area (Å²) in [4.78, 5) is 15.9. The SMILES string of the molecule is CN(C)c1ccc(NCCC(=O)N2CCOCC2)cc1. The Hall–Kier alpha value is -1.75. The van der Waals surface area contributed by atoms with Gasteiger partial charge >= 0.3 is 0 Å². The van der Waals surface area contributed by atoms with Gasteiger partial charge in [0.05, 0.1) is 13.2 Å². The molecule has 1 aromatic carbocycles. The van der Waals surface area contributed by atoms with E-state index in [-0.39, 0.29) is 5.91 Å². The summed E-state index contributed by atoms with van der Waals surface area (Å²) < 4.78 is 5.24. The van der Waals surface area contributed by atoms with E-state index in [0.717, 1.165) is 18.8 Å². The summed E-state index contributed by atoms with van der Waals surface area (Å²) in [5.41, 5.74) is 2.21. The highest BCUT2D eigenvalue weighted by Crippen LogP contribution is 2.15. The number of benzene rings is 1. The van der Waals surface area contributed by atoms with Crippen LogP contribution in [0.1, 0.15) is 6.42 Å². The molecule has 1 aliphatic heterocycles. The molecule has 5 heteroatoms. The van der Waals surface area contributed by atoms with Crippen LogP contribution in [0.2, 0.25) is 0 Å². The summed E-state index contributed by atoms with van der Waals surface area (Å²) in [5.74, 6) is 0.200. The molecule has 0 unspecified atom stereocenters. The molecule has 0 aliphatic carbocycles. The summed E-state index contributed by atoms with van der Waals surface area (Å²) in [6.07, 6.45) is 0.523. The molecule has 0 bridgehead atoms. The minimum absolute atomic E-state index is 0.200. The lowest BCUT2D eigenvalue weighted by molar-refractivity contribution is -0.134. The van der Waals surface area contributed by atoms with Gasteiger partial charge in [-0.2, -0.15) is 0 Å². The molecule has 0 radical (unpaired) electrons. The summed E-state index contributed by atoms with van der Waals surface area (Å²) in [6.45, 7) is 3.42. The standard InChI is InChI=1S/C15H23N3O2/c1-17(2)14-5-3-13(4-6-14)16-8-7-15(19)18-9-11-20-12-10-18/h3-6,16H,7-12H2,1-2H3. The molecule has 2 rings (SSSR count). The number of amides is 1. The van der Waals surface area contributed by atoms with Crippen molar-refractivity contribution in [1.29, 1.82) is 0 Å². The zero-order valence-electron chi connectivity index (χ0n) is 12.3. The maximum atomic E-state index is 12.0. The van der Waals surface area contributed by atoms with Crippen LogP contribution in [0, 0.1) is 0 Å². The van der Waals surface area contributed by atoms with Crippen LogP contribution in [0.3, 0.4) is 0 Å². The first-order valence-corrected chi connectivity index (χ1v) is 7.03. The van der Waals surface area contributed by atoms with Crippen molar-refractivity contribution in [3.05, 3.63) is 24.3 Å². The summed E-state index contributed by atoms with van der Waals surface area (Å²) >= 11 is 0. The van der Waals surface area contributed by atoms with Gasteiger partial charge in [-0.1, -0.05) is 0 Å². The van der Waals surface area contributed by atoms with Crippen molar-refractivity contribution in [3.63, 3.8) is 0 Å². The fraction of sp³-hybridized carbons (Fsp3) is 0.533. The van der Waals surface area contributed by atoms with Gasteiger partial charge in [-0.3, -0.25) is 4.79 Å². The van der Waals surface area contributed by atoms with Crippen molar-refractivity contribution >= 4 is 17.3 Å². The van der Waals surface area contributed by atoms with Gasteiger partial charge in [0.2, 0.25) is 5.91 Å². The molecule has 5 nitrogen and oxygen atoms in total. The minimum atomic E-state index is 0.200. The molecular formula is C15H23N3O2. The third kappa shape index (κ3) is 4.13. The first-order valence-electron chi connectivity index (χ1n) is 7.03. The highest BCUT2D eigenvalue weighted by atomic mass is 16.5. The zero-order valence-corrected chi connectivity index (χ0v) is 12.3. The first-order chi connectivity index (χ1) is 9.66. The molecule has 1 amide bonds. The Morgan fingerprint density at radius 2 is 1.90 bits per heavy atom. The number of hydrogen-bond acceptors (Lipinski definition) is 4. The Morgan fingerprint density at radius 3 is 2.50 bits per heavy atom. The number of carbonyl (C=O) groups excluding carboxylic acids is 1. The molecule has 0 aromatic heterocycles. The lowest BCUT2D eigenvalue weighted by Crippen LogP contribution is -2.41. The number of hydrogen-bond donors (Lipinski definition) is 1. The largest absolute Gasteiger partial charge is 0.385 e. The highest BCUT2D eigenvalue weighted by Gasteiger charge is 2.15. The second-order valence-corrected chi connectivity index (χ2v) is 5.11. The smallest absolute Gasteiger partial charge is 0.224 e. The van der Waals surface area contributed by atoms with Gasteiger partial charge in [0.15, 0.2) is 0 Å². The molecular weight excluding hydrogens is 254 g/mol. The molecule has 1 N–H and O–H groups in total. The van der Waals surface area contributed by atoms with E-state index in [4.69, 9.17) is 4.74 Å². The van der Waals surface area contributed by atoms with Crippen molar-refractivity contribution in [3.8, 4) is 0 Å². The third-order valence-corrected chi connectivity index (χ3v) is 3.42. The number of nitrogens with one attached hydrogen (secondary N) is 1. The Bertz CT molecular complexity index is 425. The predicted octanol–water partition coefficient (Wildman–Crippen LogP) is 1.41. The fourth-order valence-electron chi connectivity index (χ4n) is 2.16. The van der Waals surface area contributed by atoms with Crippen molar-refractivity contribution in [2.75, 3.05) is 57.2 Å². The first kappa shape index (κ1) is 14.7. The molecule has 20 heavy (non-hydrogen) atoms. The minimum Gasteiger partial charge on any atom is -0.385 e. The predicted molar refractivity (Wildman–Crippen MR) is 81.3 cm³/mol. The van der Waals surface area contributed by atoms with Crippen LogP contribution in [0.5, 0.6) is 0 Å². The number of morpholine rings is 1. The zero-order chi connectivity index (χ0) is 14.4. The summed E-state index contributed by atoms with van der Waals surface area (Å²) in [5, 5.41) is 3.28. The average molecular weight is 277 g/mol. The molecule has 1 aromatic rings. The second kappa shape index (κ2) is 7.14. The van der Waals surface area contributed by atoms with E-state index < -0.39 is 0 Å². The van der Waals surface area contributed by atoms with Gasteiger partial charge in [0.25, 0.3) is 0 Å². The second-order valence-electron chi connectivity index (χ2n) is 5.11. The van der Waals surface area contributed by atoms with Crippen LogP contribution in [0.15, 0.2) is 24.3 Å². The van der Waals surface area contributed by atoms with Gasteiger partial charge in [0.1, 0.15) is 0 Å². The lowest BCUT2D eigenvalue weighted by atomic mass is 10.2. The Kier molecular flexibility index (Phi) is 5.24. The molecule has 0 spiro atoms. The van der Waals surface area contributed by atoms with E-state index in [1.807, 2.05) is 31.1 Å². The number of rotatable bonds is 5. The fourth-order valence-corrected chi connectivity index (χ4v) is 2.16. The molecule has 1 aliphatic rings. The van der Waals surface area contributed by atoms with E-state index in [0.29, 0.717) is 26.2 Å². The van der Waals surface area contributed by atoms with Crippen molar-refractivity contribution < 1.29 is 9.53 Å². The lowest BCUT2D eigenvalue weighted by Gasteiger charge is -2.26. The number of anilines is 2. The van der Waals surface area contributed by atoms with Crippen LogP contribution in [0.25, 0.3) is 0 Å². The average Bonchev–Trinajstić information content (AvgIpc) is 2.48. The van der Waals surface area contributed by atoms with Crippen LogP contribution in [0.4, 0.5) is 11.4 Å². The molecule has 1 fully saturated rings. The van der Waals surface area contributed by atoms with Crippen molar-refractivity contribution in [2.24, 2.45) is 0 Å². The summed E-state index contributed by atoms with van der Waals surface area (Å²) in [7, 11) is 4.03. The van der Waals surface area contributed by atoms with Crippen molar-refractivity contribution in [1.82, 2.24) is 4.90 Å². The van der Waals surface area contributed by atoms with Gasteiger partial charge in [0, 0.05) is 51.5 Å². The molecule has 1 heterocycles. The molecule has 1 saturated heterocycles. The van der Waals surface area contributed by atoms with Gasteiger partial charge in [-0.15, -0.1) is 0 Å². The summed E-state index contributed by atoms with van der Waals surface area (Å²) in [6, 6.07) is 8.20. The quantitative estimate of drug-likeness (QED) is 0.884. The molecule has 0 atom stereocenters. The van der Waals surface area contributed by atoms with Crippen molar-refractivity contribution in [2.45, 2.75) is 6.42 Å². The maximum absolute atomic E-state index is 12.0. The van der Waals surface area contributed by atoms with Gasteiger partial charge in [-0.25, -0.2) is 0 Å². The van der Waals surface area contributed by atoms with E-state index >= 15 is 0 Å². The van der Waals surface area contributed by atoms with E-state index in [1.54, 1.807) is 0 Å². The van der Waals surface area contributed by atoms with E-state index in [2.05, 4.69) is 22.3 Å².